The first kappa shape index (κ1) is 20.0. The van der Waals surface area contributed by atoms with Gasteiger partial charge in [0.1, 0.15) is 5.82 Å². The van der Waals surface area contributed by atoms with E-state index in [0.29, 0.717) is 16.6 Å². The summed E-state index contributed by atoms with van der Waals surface area (Å²) in [4.78, 5) is 12.9. The zero-order valence-electron chi connectivity index (χ0n) is 15.9. The molecule has 0 radical (unpaired) electrons. The highest BCUT2D eigenvalue weighted by molar-refractivity contribution is 9.10. The lowest BCUT2D eigenvalue weighted by Gasteiger charge is -2.20. The quantitative estimate of drug-likeness (QED) is 0.447. The molecule has 4 rings (SSSR count). The maximum absolute atomic E-state index is 14.7. The van der Waals surface area contributed by atoms with Crippen LogP contribution < -0.4 is 5.32 Å². The van der Waals surface area contributed by atoms with E-state index in [1.165, 1.54) is 6.07 Å². The van der Waals surface area contributed by atoms with Crippen molar-refractivity contribution in [2.24, 2.45) is 0 Å². The van der Waals surface area contributed by atoms with Crippen molar-refractivity contribution in [3.8, 4) is 0 Å². The number of aromatic nitrogens is 3. The molecule has 0 spiro atoms. The van der Waals surface area contributed by atoms with Crippen molar-refractivity contribution in [2.45, 2.75) is 12.6 Å². The number of carbonyl (C=O) groups excluding carboxylic acids is 1. The highest BCUT2D eigenvalue weighted by Crippen LogP contribution is 2.27. The molecule has 0 bridgehead atoms. The van der Waals surface area contributed by atoms with Crippen LogP contribution in [0.15, 0.2) is 89.5 Å². The molecular weight excluding hydrogens is 447 g/mol. The lowest BCUT2D eigenvalue weighted by atomic mass is 9.98. The van der Waals surface area contributed by atoms with Crippen LogP contribution >= 0.6 is 15.9 Å². The zero-order chi connectivity index (χ0) is 20.9. The third-order valence-electron chi connectivity index (χ3n) is 4.64. The van der Waals surface area contributed by atoms with Gasteiger partial charge in [-0.1, -0.05) is 87.9 Å². The minimum absolute atomic E-state index is 0.171. The molecule has 1 atom stereocenters. The second-order valence-corrected chi connectivity index (χ2v) is 7.69. The Hall–Kier alpha value is -3.32. The van der Waals surface area contributed by atoms with E-state index in [1.54, 1.807) is 23.0 Å². The van der Waals surface area contributed by atoms with Crippen LogP contribution in [-0.2, 0) is 6.54 Å². The molecule has 0 aliphatic rings. The van der Waals surface area contributed by atoms with Crippen molar-refractivity contribution in [1.29, 1.82) is 0 Å². The van der Waals surface area contributed by atoms with Gasteiger partial charge in [-0.05, 0) is 23.3 Å². The second kappa shape index (κ2) is 9.00. The Labute approximate surface area is 181 Å². The Morgan fingerprint density at radius 3 is 2.43 bits per heavy atom. The van der Waals surface area contributed by atoms with Gasteiger partial charge in [-0.2, -0.15) is 0 Å². The van der Waals surface area contributed by atoms with Crippen molar-refractivity contribution in [3.05, 3.63) is 118 Å². The van der Waals surface area contributed by atoms with Gasteiger partial charge in [-0.3, -0.25) is 4.79 Å². The molecule has 0 saturated carbocycles. The molecule has 0 aliphatic heterocycles. The van der Waals surface area contributed by atoms with E-state index < -0.39 is 17.8 Å². The Morgan fingerprint density at radius 1 is 1.03 bits per heavy atom. The molecule has 5 nitrogen and oxygen atoms in total. The Bertz CT molecular complexity index is 1150. The summed E-state index contributed by atoms with van der Waals surface area (Å²) in [7, 11) is 0. The van der Waals surface area contributed by atoms with Crippen LogP contribution in [0.1, 0.15) is 33.2 Å². The predicted octanol–water partition coefficient (Wildman–Crippen LogP) is 4.75. The molecule has 150 valence electrons. The third kappa shape index (κ3) is 4.63. The summed E-state index contributed by atoms with van der Waals surface area (Å²) < 4.78 is 16.9. The summed E-state index contributed by atoms with van der Waals surface area (Å²) in [5.41, 5.74) is 2.36. The van der Waals surface area contributed by atoms with E-state index in [9.17, 15) is 9.18 Å². The Morgan fingerprint density at radius 2 is 1.73 bits per heavy atom. The van der Waals surface area contributed by atoms with Crippen LogP contribution in [0.25, 0.3) is 0 Å². The molecule has 1 aromatic heterocycles. The topological polar surface area (TPSA) is 59.8 Å². The zero-order valence-corrected chi connectivity index (χ0v) is 17.5. The molecule has 1 unspecified atom stereocenters. The van der Waals surface area contributed by atoms with Gasteiger partial charge >= 0.3 is 0 Å². The SMILES string of the molecule is O=C(NC(c1ccccc1)c1ccc(Br)cc1F)c1cn(Cc2ccccc2)nn1. The molecule has 4 aromatic rings. The van der Waals surface area contributed by atoms with Crippen LogP contribution in [0.3, 0.4) is 0 Å². The molecular formula is C23H18BrFN4O. The van der Waals surface area contributed by atoms with Crippen molar-refractivity contribution >= 4 is 21.8 Å². The number of rotatable bonds is 6. The lowest BCUT2D eigenvalue weighted by Crippen LogP contribution is -2.30. The molecule has 1 amide bonds. The van der Waals surface area contributed by atoms with Gasteiger partial charge in [-0.25, -0.2) is 9.07 Å². The fourth-order valence-corrected chi connectivity index (χ4v) is 3.51. The normalized spacial score (nSPS) is 11.8. The number of hydrogen-bond donors (Lipinski definition) is 1. The fraction of sp³-hybridized carbons (Fsp3) is 0.0870. The van der Waals surface area contributed by atoms with E-state index >= 15 is 0 Å². The molecule has 30 heavy (non-hydrogen) atoms. The van der Waals surface area contributed by atoms with E-state index in [0.717, 1.165) is 11.1 Å². The van der Waals surface area contributed by atoms with Crippen LogP contribution in [-0.4, -0.2) is 20.9 Å². The summed E-state index contributed by atoms with van der Waals surface area (Å²) in [5.74, 6) is -0.836. The Balaban J connectivity index is 1.58. The maximum atomic E-state index is 14.7. The number of carbonyl (C=O) groups is 1. The molecule has 1 N–H and O–H groups in total. The molecule has 1 heterocycles. The van der Waals surface area contributed by atoms with Crippen molar-refractivity contribution in [1.82, 2.24) is 20.3 Å². The van der Waals surface area contributed by atoms with Gasteiger partial charge < -0.3 is 5.32 Å². The number of nitrogens with one attached hydrogen (secondary N) is 1. The molecule has 0 saturated heterocycles. The summed E-state index contributed by atoms with van der Waals surface area (Å²) in [6.07, 6.45) is 1.59. The van der Waals surface area contributed by atoms with E-state index in [2.05, 4.69) is 31.6 Å². The summed E-state index contributed by atoms with van der Waals surface area (Å²) >= 11 is 3.27. The first-order valence-electron chi connectivity index (χ1n) is 9.35. The number of nitrogens with zero attached hydrogens (tertiary/aromatic N) is 3. The second-order valence-electron chi connectivity index (χ2n) is 6.77. The minimum Gasteiger partial charge on any atom is -0.340 e. The maximum Gasteiger partial charge on any atom is 0.274 e. The summed E-state index contributed by atoms with van der Waals surface area (Å²) in [5, 5.41) is 10.9. The summed E-state index contributed by atoms with van der Waals surface area (Å²) in [6.45, 7) is 0.505. The fourth-order valence-electron chi connectivity index (χ4n) is 3.18. The van der Waals surface area contributed by atoms with Crippen LogP contribution in [0.4, 0.5) is 4.39 Å². The molecule has 0 aliphatic carbocycles. The van der Waals surface area contributed by atoms with Crippen LogP contribution in [0, 0.1) is 5.82 Å². The smallest absolute Gasteiger partial charge is 0.274 e. The van der Waals surface area contributed by atoms with Crippen molar-refractivity contribution in [3.63, 3.8) is 0 Å². The van der Waals surface area contributed by atoms with Gasteiger partial charge in [0.15, 0.2) is 5.69 Å². The average molecular weight is 465 g/mol. The highest BCUT2D eigenvalue weighted by atomic mass is 79.9. The monoisotopic (exact) mass is 464 g/mol. The first-order chi connectivity index (χ1) is 14.6. The van der Waals surface area contributed by atoms with Gasteiger partial charge in [0.05, 0.1) is 18.8 Å². The number of amides is 1. The van der Waals surface area contributed by atoms with Crippen molar-refractivity contribution < 1.29 is 9.18 Å². The van der Waals surface area contributed by atoms with Crippen molar-refractivity contribution in [2.75, 3.05) is 0 Å². The average Bonchev–Trinajstić information content (AvgIpc) is 3.22. The van der Waals surface area contributed by atoms with Gasteiger partial charge in [0.25, 0.3) is 5.91 Å². The van der Waals surface area contributed by atoms with Crippen LogP contribution in [0.2, 0.25) is 0 Å². The number of halogens is 2. The predicted molar refractivity (Wildman–Crippen MR) is 115 cm³/mol. The first-order valence-corrected chi connectivity index (χ1v) is 10.1. The molecule has 7 heteroatoms. The van der Waals surface area contributed by atoms with Gasteiger partial charge in [0, 0.05) is 10.0 Å². The van der Waals surface area contributed by atoms with Gasteiger partial charge in [0.2, 0.25) is 0 Å². The largest absolute Gasteiger partial charge is 0.340 e. The third-order valence-corrected chi connectivity index (χ3v) is 5.13. The van der Waals surface area contributed by atoms with E-state index in [1.807, 2.05) is 60.7 Å². The number of benzene rings is 3. The van der Waals surface area contributed by atoms with Gasteiger partial charge in [-0.15, -0.1) is 5.10 Å². The number of hydrogen-bond acceptors (Lipinski definition) is 3. The van der Waals surface area contributed by atoms with Crippen LogP contribution in [0.5, 0.6) is 0 Å². The van der Waals surface area contributed by atoms with E-state index in [-0.39, 0.29) is 5.69 Å². The summed E-state index contributed by atoms with van der Waals surface area (Å²) in [6, 6.07) is 23.2. The standard InChI is InChI=1S/C23H18BrFN4O/c24-18-11-12-19(20(25)13-18)22(17-9-5-2-6-10-17)26-23(30)21-15-29(28-27-21)14-16-7-3-1-4-8-16/h1-13,15,22H,14H2,(H,26,30). The molecule has 3 aromatic carbocycles. The molecule has 0 fully saturated rings. The Kier molecular flexibility index (Phi) is 5.99. The lowest BCUT2D eigenvalue weighted by molar-refractivity contribution is 0.0937. The van der Waals surface area contributed by atoms with E-state index in [4.69, 9.17) is 0 Å². The minimum atomic E-state index is -0.661. The highest BCUT2D eigenvalue weighted by Gasteiger charge is 2.22.